The van der Waals surface area contributed by atoms with Gasteiger partial charge in [0.2, 0.25) is 0 Å². The van der Waals surface area contributed by atoms with E-state index in [-0.39, 0.29) is 0 Å². The lowest BCUT2D eigenvalue weighted by molar-refractivity contribution is 0.398. The second kappa shape index (κ2) is 6.26. The Hall–Kier alpha value is -0.540. The zero-order valence-corrected chi connectivity index (χ0v) is 11.9. The molecule has 1 aromatic carbocycles. The van der Waals surface area contributed by atoms with Gasteiger partial charge >= 0.3 is 0 Å². The van der Waals surface area contributed by atoms with Crippen LogP contribution in [0, 0.1) is 11.8 Å². The van der Waals surface area contributed by atoms with E-state index >= 15 is 0 Å². The van der Waals surface area contributed by atoms with Crippen molar-refractivity contribution in [2.24, 2.45) is 17.6 Å². The average Bonchev–Trinajstić information content (AvgIpc) is 2.26. The van der Waals surface area contributed by atoms with Crippen LogP contribution in [0.25, 0.3) is 0 Å². The summed E-state index contributed by atoms with van der Waals surface area (Å²) in [6, 6.07) is 8.38. The van der Waals surface area contributed by atoms with Gasteiger partial charge in [0.15, 0.2) is 0 Å². The van der Waals surface area contributed by atoms with Crippen LogP contribution < -0.4 is 10.6 Å². The monoisotopic (exact) mass is 284 g/mol. The van der Waals surface area contributed by atoms with Crippen molar-refractivity contribution in [3.8, 4) is 0 Å². The van der Waals surface area contributed by atoms with E-state index in [1.807, 2.05) is 0 Å². The van der Waals surface area contributed by atoms with E-state index in [9.17, 15) is 0 Å². The molecule has 2 N–H and O–H groups in total. The molecule has 0 aliphatic rings. The highest BCUT2D eigenvalue weighted by molar-refractivity contribution is 9.10. The number of nitrogens with two attached hydrogens (primary N) is 1. The lowest BCUT2D eigenvalue weighted by Crippen LogP contribution is -2.33. The summed E-state index contributed by atoms with van der Waals surface area (Å²) in [5.74, 6) is 1.18. The molecule has 90 valence electrons. The SMILES string of the molecule is CC(C)C(CN)CN(C)c1ccc(Br)cc1. The molecule has 0 bridgehead atoms. The van der Waals surface area contributed by atoms with Crippen molar-refractivity contribution in [3.05, 3.63) is 28.7 Å². The molecule has 0 aliphatic carbocycles. The summed E-state index contributed by atoms with van der Waals surface area (Å²) in [6.45, 7) is 6.22. The molecule has 1 aromatic rings. The summed E-state index contributed by atoms with van der Waals surface area (Å²) >= 11 is 3.44. The van der Waals surface area contributed by atoms with Crippen molar-refractivity contribution in [1.82, 2.24) is 0 Å². The molecule has 0 saturated heterocycles. The van der Waals surface area contributed by atoms with Crippen molar-refractivity contribution < 1.29 is 0 Å². The first-order valence-electron chi connectivity index (χ1n) is 5.71. The molecule has 1 unspecified atom stereocenters. The Morgan fingerprint density at radius 3 is 2.25 bits per heavy atom. The zero-order valence-electron chi connectivity index (χ0n) is 10.3. The highest BCUT2D eigenvalue weighted by atomic mass is 79.9. The minimum Gasteiger partial charge on any atom is -0.374 e. The fourth-order valence-electron chi connectivity index (χ4n) is 1.71. The molecular formula is C13H21BrN2. The molecule has 1 atom stereocenters. The number of benzene rings is 1. The van der Waals surface area contributed by atoms with Gasteiger partial charge in [0, 0.05) is 23.8 Å². The number of anilines is 1. The van der Waals surface area contributed by atoms with Crippen LogP contribution in [0.5, 0.6) is 0 Å². The van der Waals surface area contributed by atoms with Gasteiger partial charge in [0.25, 0.3) is 0 Å². The van der Waals surface area contributed by atoms with Gasteiger partial charge in [-0.15, -0.1) is 0 Å². The molecule has 16 heavy (non-hydrogen) atoms. The number of halogens is 1. The molecule has 0 fully saturated rings. The van der Waals surface area contributed by atoms with Crippen LogP contribution in [0.15, 0.2) is 28.7 Å². The Balaban J connectivity index is 2.64. The van der Waals surface area contributed by atoms with Gasteiger partial charge in [0.1, 0.15) is 0 Å². The lowest BCUT2D eigenvalue weighted by atomic mass is 9.95. The molecule has 0 aliphatic heterocycles. The highest BCUT2D eigenvalue weighted by Crippen LogP contribution is 2.19. The van der Waals surface area contributed by atoms with E-state index in [0.29, 0.717) is 11.8 Å². The van der Waals surface area contributed by atoms with E-state index in [2.05, 4.69) is 66.0 Å². The molecule has 1 rings (SSSR count). The summed E-state index contributed by atoms with van der Waals surface area (Å²) < 4.78 is 1.11. The van der Waals surface area contributed by atoms with Crippen LogP contribution in [0.4, 0.5) is 5.69 Å². The lowest BCUT2D eigenvalue weighted by Gasteiger charge is -2.27. The number of hydrogen-bond donors (Lipinski definition) is 1. The molecule has 3 heteroatoms. The third-order valence-electron chi connectivity index (χ3n) is 3.02. The van der Waals surface area contributed by atoms with Crippen LogP contribution in [0.2, 0.25) is 0 Å². The number of nitrogens with zero attached hydrogens (tertiary/aromatic N) is 1. The van der Waals surface area contributed by atoms with Crippen LogP contribution in [-0.4, -0.2) is 20.1 Å². The van der Waals surface area contributed by atoms with Crippen molar-refractivity contribution >= 4 is 21.6 Å². The topological polar surface area (TPSA) is 29.3 Å². The first-order chi connectivity index (χ1) is 7.54. The van der Waals surface area contributed by atoms with Crippen molar-refractivity contribution in [1.29, 1.82) is 0 Å². The van der Waals surface area contributed by atoms with Gasteiger partial charge in [-0.05, 0) is 42.6 Å². The Labute approximate surface area is 107 Å². The predicted octanol–water partition coefficient (Wildman–Crippen LogP) is 3.12. The maximum Gasteiger partial charge on any atom is 0.0364 e. The van der Waals surface area contributed by atoms with Crippen LogP contribution in [-0.2, 0) is 0 Å². The molecule has 0 heterocycles. The average molecular weight is 285 g/mol. The molecule has 2 nitrogen and oxygen atoms in total. The Morgan fingerprint density at radius 1 is 1.25 bits per heavy atom. The molecular weight excluding hydrogens is 264 g/mol. The van der Waals surface area contributed by atoms with E-state index in [0.717, 1.165) is 17.6 Å². The molecule has 0 radical (unpaired) electrons. The van der Waals surface area contributed by atoms with Gasteiger partial charge in [-0.25, -0.2) is 0 Å². The number of rotatable bonds is 5. The van der Waals surface area contributed by atoms with Crippen LogP contribution in [0.3, 0.4) is 0 Å². The summed E-state index contributed by atoms with van der Waals surface area (Å²) in [6.07, 6.45) is 0. The van der Waals surface area contributed by atoms with Gasteiger partial charge in [-0.3, -0.25) is 0 Å². The Morgan fingerprint density at radius 2 is 1.81 bits per heavy atom. The minimum absolute atomic E-state index is 0.550. The van der Waals surface area contributed by atoms with Crippen LogP contribution in [0.1, 0.15) is 13.8 Å². The fourth-order valence-corrected chi connectivity index (χ4v) is 1.97. The third-order valence-corrected chi connectivity index (χ3v) is 3.55. The zero-order chi connectivity index (χ0) is 12.1. The quantitative estimate of drug-likeness (QED) is 0.900. The highest BCUT2D eigenvalue weighted by Gasteiger charge is 2.14. The van der Waals surface area contributed by atoms with E-state index in [4.69, 9.17) is 5.73 Å². The van der Waals surface area contributed by atoms with E-state index < -0.39 is 0 Å². The molecule has 0 spiro atoms. The summed E-state index contributed by atoms with van der Waals surface area (Å²) in [5, 5.41) is 0. The van der Waals surface area contributed by atoms with Gasteiger partial charge in [-0.2, -0.15) is 0 Å². The first-order valence-corrected chi connectivity index (χ1v) is 6.50. The van der Waals surface area contributed by atoms with Crippen molar-refractivity contribution in [2.45, 2.75) is 13.8 Å². The molecule has 0 saturated carbocycles. The summed E-state index contributed by atoms with van der Waals surface area (Å²) in [4.78, 5) is 2.27. The van der Waals surface area contributed by atoms with Crippen molar-refractivity contribution in [2.75, 3.05) is 25.0 Å². The van der Waals surface area contributed by atoms with Gasteiger partial charge < -0.3 is 10.6 Å². The van der Waals surface area contributed by atoms with E-state index in [1.54, 1.807) is 0 Å². The predicted molar refractivity (Wildman–Crippen MR) is 74.8 cm³/mol. The van der Waals surface area contributed by atoms with Gasteiger partial charge in [0.05, 0.1) is 0 Å². The second-order valence-electron chi connectivity index (χ2n) is 4.60. The number of hydrogen-bond acceptors (Lipinski definition) is 2. The fraction of sp³-hybridized carbons (Fsp3) is 0.538. The van der Waals surface area contributed by atoms with Crippen molar-refractivity contribution in [3.63, 3.8) is 0 Å². The summed E-state index contributed by atoms with van der Waals surface area (Å²) in [5.41, 5.74) is 7.03. The van der Waals surface area contributed by atoms with E-state index in [1.165, 1.54) is 5.69 Å². The summed E-state index contributed by atoms with van der Waals surface area (Å²) in [7, 11) is 2.12. The molecule has 0 amide bonds. The Kier molecular flexibility index (Phi) is 5.29. The maximum absolute atomic E-state index is 5.79. The molecule has 0 aromatic heterocycles. The smallest absolute Gasteiger partial charge is 0.0364 e. The normalized spacial score (nSPS) is 12.9. The second-order valence-corrected chi connectivity index (χ2v) is 5.51. The van der Waals surface area contributed by atoms with Gasteiger partial charge in [-0.1, -0.05) is 29.8 Å². The minimum atomic E-state index is 0.550. The largest absolute Gasteiger partial charge is 0.374 e. The third kappa shape index (κ3) is 3.80. The van der Waals surface area contributed by atoms with Crippen LogP contribution >= 0.6 is 15.9 Å². The standard InChI is InChI=1S/C13H21BrN2/c1-10(2)11(8-15)9-16(3)13-6-4-12(14)5-7-13/h4-7,10-11H,8-9,15H2,1-3H3. The Bertz CT molecular complexity index is 308. The maximum atomic E-state index is 5.79. The first kappa shape index (κ1) is 13.5.